The number of hydrogen-bond donors (Lipinski definition) is 0. The van der Waals surface area contributed by atoms with Crippen molar-refractivity contribution >= 4 is 32.8 Å². The lowest BCUT2D eigenvalue weighted by atomic mass is 10.2. The van der Waals surface area contributed by atoms with Crippen LogP contribution in [0.15, 0.2) is 11.4 Å². The zero-order valence-electron chi connectivity index (χ0n) is 17.0. The van der Waals surface area contributed by atoms with E-state index in [-0.39, 0.29) is 17.3 Å². The van der Waals surface area contributed by atoms with Crippen LogP contribution in [0.3, 0.4) is 0 Å². The van der Waals surface area contributed by atoms with Gasteiger partial charge < -0.3 is 14.5 Å². The second-order valence-electron chi connectivity index (χ2n) is 8.07. The number of rotatable bonds is 2. The highest BCUT2D eigenvalue weighted by molar-refractivity contribution is 7.90. The fourth-order valence-corrected chi connectivity index (χ4v) is 3.69. The van der Waals surface area contributed by atoms with E-state index in [1.807, 2.05) is 32.6 Å². The van der Waals surface area contributed by atoms with Crippen LogP contribution in [0.4, 0.5) is 10.6 Å². The van der Waals surface area contributed by atoms with Gasteiger partial charge in [0.1, 0.15) is 16.6 Å². The van der Waals surface area contributed by atoms with Crippen molar-refractivity contribution < 1.29 is 17.9 Å². The number of nitrogens with zero attached hydrogens (tertiary/aromatic N) is 6. The molecule has 0 spiro atoms. The molecule has 2 aromatic heterocycles. The molecule has 1 saturated heterocycles. The zero-order chi connectivity index (χ0) is 20.9. The molecule has 28 heavy (non-hydrogen) atoms. The van der Waals surface area contributed by atoms with Gasteiger partial charge in [0.25, 0.3) is 0 Å². The Hall–Kier alpha value is -2.43. The van der Waals surface area contributed by atoms with Gasteiger partial charge in [-0.2, -0.15) is 10.1 Å². The Morgan fingerprint density at radius 1 is 1.25 bits per heavy atom. The molecule has 0 aromatic carbocycles. The van der Waals surface area contributed by atoms with Gasteiger partial charge in [0.15, 0.2) is 5.82 Å². The summed E-state index contributed by atoms with van der Waals surface area (Å²) >= 11 is 0. The summed E-state index contributed by atoms with van der Waals surface area (Å²) in [6.45, 7) is 8.82. The summed E-state index contributed by atoms with van der Waals surface area (Å²) in [6, 6.07) is -0.0957. The minimum Gasteiger partial charge on any atom is -0.444 e. The molecule has 154 valence electrons. The third-order valence-electron chi connectivity index (χ3n) is 4.43. The summed E-state index contributed by atoms with van der Waals surface area (Å²) in [7, 11) is -1.82. The van der Waals surface area contributed by atoms with E-state index in [9.17, 15) is 13.2 Å². The summed E-state index contributed by atoms with van der Waals surface area (Å²) in [4.78, 5) is 24.5. The summed E-state index contributed by atoms with van der Waals surface area (Å²) in [6.07, 6.45) is 2.25. The van der Waals surface area contributed by atoms with Crippen molar-refractivity contribution in [2.45, 2.75) is 44.5 Å². The molecule has 1 fully saturated rings. The predicted octanol–water partition coefficient (Wildman–Crippen LogP) is 1.21. The average Bonchev–Trinajstić information content (AvgIpc) is 2.93. The van der Waals surface area contributed by atoms with Gasteiger partial charge in [-0.3, -0.25) is 4.68 Å². The number of aryl methyl sites for hydroxylation is 1. The highest BCUT2D eigenvalue weighted by Crippen LogP contribution is 2.28. The van der Waals surface area contributed by atoms with E-state index in [0.717, 1.165) is 6.26 Å². The molecule has 0 aliphatic carbocycles. The maximum Gasteiger partial charge on any atom is 0.410 e. The molecule has 0 bridgehead atoms. The molecule has 10 nitrogen and oxygen atoms in total. The molecule has 2 aromatic rings. The van der Waals surface area contributed by atoms with Crippen molar-refractivity contribution in [1.82, 2.24) is 24.6 Å². The molecule has 0 unspecified atom stereocenters. The molecule has 0 N–H and O–H groups in total. The molecule has 3 heterocycles. The number of sulfone groups is 1. The maximum atomic E-state index is 12.4. The number of fused-ring (bicyclic) bond motifs is 1. The van der Waals surface area contributed by atoms with Crippen LogP contribution in [-0.4, -0.2) is 76.7 Å². The van der Waals surface area contributed by atoms with Crippen molar-refractivity contribution in [2.24, 2.45) is 7.05 Å². The van der Waals surface area contributed by atoms with Gasteiger partial charge in [-0.15, -0.1) is 0 Å². The maximum absolute atomic E-state index is 12.4. The number of carbonyl (C=O) groups excluding carboxylic acids is 1. The topological polar surface area (TPSA) is 111 Å². The highest BCUT2D eigenvalue weighted by atomic mass is 32.2. The summed E-state index contributed by atoms with van der Waals surface area (Å²) in [5.74, 6) is 0.502. The summed E-state index contributed by atoms with van der Waals surface area (Å²) in [5.41, 5.74) is 0.565. The molecule has 1 aliphatic heterocycles. The normalized spacial score (nSPS) is 18.6. The van der Waals surface area contributed by atoms with Crippen LogP contribution in [0.1, 0.15) is 27.7 Å². The van der Waals surface area contributed by atoms with E-state index in [1.54, 1.807) is 16.6 Å². The van der Waals surface area contributed by atoms with E-state index in [2.05, 4.69) is 15.1 Å². The molecule has 1 aliphatic rings. The third kappa shape index (κ3) is 4.03. The minimum absolute atomic E-state index is 0.0957. The molecular weight excluding hydrogens is 384 g/mol. The zero-order valence-corrected chi connectivity index (χ0v) is 17.8. The number of amides is 1. The van der Waals surface area contributed by atoms with Gasteiger partial charge in [0, 0.05) is 39.0 Å². The second-order valence-corrected chi connectivity index (χ2v) is 9.98. The van der Waals surface area contributed by atoms with Crippen LogP contribution in [0, 0.1) is 0 Å². The first-order valence-electron chi connectivity index (χ1n) is 9.01. The predicted molar refractivity (Wildman–Crippen MR) is 104 cm³/mol. The quantitative estimate of drug-likeness (QED) is 0.680. The van der Waals surface area contributed by atoms with Crippen LogP contribution in [-0.2, 0) is 21.6 Å². The van der Waals surface area contributed by atoms with Crippen LogP contribution in [0.25, 0.3) is 11.0 Å². The summed E-state index contributed by atoms with van der Waals surface area (Å²) in [5, 5.41) is 3.96. The standard InChI is InChI=1S/C17H26N6O4S/c1-11-10-22(16(24)27-17(2,3)4)7-8-23(11)14-13-12(9-18-21(13)5)19-15(20-14)28(6,25)26/h9,11H,7-8,10H2,1-6H3/t11-/m0/s1. The Labute approximate surface area is 164 Å². The van der Waals surface area contributed by atoms with Gasteiger partial charge in [-0.05, 0) is 27.7 Å². The molecule has 11 heteroatoms. The van der Waals surface area contributed by atoms with Gasteiger partial charge in [-0.1, -0.05) is 0 Å². The lowest BCUT2D eigenvalue weighted by Gasteiger charge is -2.40. The van der Waals surface area contributed by atoms with Crippen molar-refractivity contribution in [3.8, 4) is 0 Å². The first-order valence-corrected chi connectivity index (χ1v) is 10.9. The molecule has 1 amide bonds. The summed E-state index contributed by atoms with van der Waals surface area (Å²) < 4.78 is 31.2. The van der Waals surface area contributed by atoms with Crippen molar-refractivity contribution in [3.05, 3.63) is 6.20 Å². The Kier molecular flexibility index (Phi) is 4.98. The number of hydrogen-bond acceptors (Lipinski definition) is 8. The number of piperazine rings is 1. The molecule has 0 saturated carbocycles. The van der Waals surface area contributed by atoms with E-state index < -0.39 is 15.4 Å². The SMILES string of the molecule is C[C@H]1CN(C(=O)OC(C)(C)C)CCN1c1nc(S(C)(=O)=O)nc2cnn(C)c12. The third-order valence-corrected chi connectivity index (χ3v) is 5.28. The van der Waals surface area contributed by atoms with Crippen molar-refractivity contribution in [1.29, 1.82) is 0 Å². The van der Waals surface area contributed by atoms with Crippen molar-refractivity contribution in [2.75, 3.05) is 30.8 Å². The van der Waals surface area contributed by atoms with Gasteiger partial charge in [0.2, 0.25) is 15.0 Å². The largest absolute Gasteiger partial charge is 0.444 e. The van der Waals surface area contributed by atoms with Crippen LogP contribution >= 0.6 is 0 Å². The Morgan fingerprint density at radius 2 is 1.93 bits per heavy atom. The first-order chi connectivity index (χ1) is 12.9. The fraction of sp³-hybridized carbons (Fsp3) is 0.647. The van der Waals surface area contributed by atoms with Crippen molar-refractivity contribution in [3.63, 3.8) is 0 Å². The number of carbonyl (C=O) groups is 1. The van der Waals surface area contributed by atoms with Crippen LogP contribution in [0.5, 0.6) is 0 Å². The minimum atomic E-state index is -3.58. The highest BCUT2D eigenvalue weighted by Gasteiger charge is 2.32. The Morgan fingerprint density at radius 3 is 2.50 bits per heavy atom. The van der Waals surface area contributed by atoms with E-state index >= 15 is 0 Å². The first kappa shape index (κ1) is 20.3. The lowest BCUT2D eigenvalue weighted by molar-refractivity contribution is 0.0218. The molecular formula is C17H26N6O4S. The lowest BCUT2D eigenvalue weighted by Crippen LogP contribution is -2.55. The van der Waals surface area contributed by atoms with E-state index in [0.29, 0.717) is 36.5 Å². The Bertz CT molecular complexity index is 1010. The smallest absolute Gasteiger partial charge is 0.410 e. The monoisotopic (exact) mass is 410 g/mol. The average molecular weight is 411 g/mol. The number of anilines is 1. The molecule has 3 rings (SSSR count). The molecule has 0 radical (unpaired) electrons. The van der Waals surface area contributed by atoms with Gasteiger partial charge >= 0.3 is 6.09 Å². The molecule has 1 atom stereocenters. The number of ether oxygens (including phenoxy) is 1. The van der Waals surface area contributed by atoms with Gasteiger partial charge in [0.05, 0.1) is 6.20 Å². The second kappa shape index (κ2) is 6.87. The van der Waals surface area contributed by atoms with Crippen LogP contribution < -0.4 is 4.90 Å². The van der Waals surface area contributed by atoms with E-state index in [1.165, 1.54) is 6.20 Å². The fourth-order valence-electron chi connectivity index (χ4n) is 3.17. The Balaban J connectivity index is 1.93. The van der Waals surface area contributed by atoms with Crippen LogP contribution in [0.2, 0.25) is 0 Å². The van der Waals surface area contributed by atoms with E-state index in [4.69, 9.17) is 4.74 Å². The van der Waals surface area contributed by atoms with Gasteiger partial charge in [-0.25, -0.2) is 18.2 Å². The number of aromatic nitrogens is 4.